The average Bonchev–Trinajstić information content (AvgIpc) is 2.88. The van der Waals surface area contributed by atoms with Gasteiger partial charge < -0.3 is 30.1 Å². The Hall–Kier alpha value is -2.23. The summed E-state index contributed by atoms with van der Waals surface area (Å²) >= 11 is 5.89. The Labute approximate surface area is 225 Å². The number of phenols is 1. The Bertz CT molecular complexity index is 933. The monoisotopic (exact) mass is 539 g/mol. The summed E-state index contributed by atoms with van der Waals surface area (Å²) in [4.78, 5) is 25.8. The molecule has 4 N–H and O–H groups in total. The van der Waals surface area contributed by atoms with Gasteiger partial charge in [-0.25, -0.2) is 0 Å². The van der Waals surface area contributed by atoms with Crippen LogP contribution in [0.4, 0.5) is 0 Å². The lowest BCUT2D eigenvalue weighted by atomic mass is 9.85. The first kappa shape index (κ1) is 32.8. The summed E-state index contributed by atoms with van der Waals surface area (Å²) in [7, 11) is 1.36. The summed E-state index contributed by atoms with van der Waals surface area (Å²) in [6.45, 7) is 9.15. The number of allylic oxidation sites excluding steroid dienone is 1. The molecule has 1 aromatic rings. The second-order valence-electron chi connectivity index (χ2n) is 9.23. The molecule has 0 bridgehead atoms. The number of rotatable bonds is 16. The number of carbonyl (C=O) groups is 2. The molecule has 3 unspecified atom stereocenters. The smallest absolute Gasteiger partial charge is 0.255 e. The number of phenolic OH excluding ortho intramolecular Hbond substituents is 1. The molecule has 1 amide bonds. The summed E-state index contributed by atoms with van der Waals surface area (Å²) in [5, 5.41) is 33.8. The van der Waals surface area contributed by atoms with Crippen LogP contribution in [0.5, 0.6) is 5.75 Å². The van der Waals surface area contributed by atoms with E-state index in [9.17, 15) is 24.9 Å². The van der Waals surface area contributed by atoms with E-state index in [-0.39, 0.29) is 29.1 Å². The van der Waals surface area contributed by atoms with Gasteiger partial charge in [0.1, 0.15) is 18.0 Å². The van der Waals surface area contributed by atoms with Crippen LogP contribution >= 0.6 is 11.6 Å². The predicted molar refractivity (Wildman–Crippen MR) is 145 cm³/mol. The van der Waals surface area contributed by atoms with Crippen molar-refractivity contribution < 1.29 is 34.4 Å². The number of Topliss-reactive ketones (excluding diaryl/α,β-unsaturated/α-hetero) is 1. The van der Waals surface area contributed by atoms with Gasteiger partial charge in [-0.1, -0.05) is 51.3 Å². The molecule has 0 aliphatic carbocycles. The van der Waals surface area contributed by atoms with Gasteiger partial charge in [0.25, 0.3) is 5.91 Å². The molecule has 0 heterocycles. The van der Waals surface area contributed by atoms with Crippen LogP contribution in [-0.2, 0) is 19.1 Å². The molecule has 0 aromatic heterocycles. The molecule has 1 rings (SSSR count). The molecule has 37 heavy (non-hydrogen) atoms. The maximum absolute atomic E-state index is 13.0. The van der Waals surface area contributed by atoms with Gasteiger partial charge in [0.05, 0.1) is 11.1 Å². The average molecular weight is 540 g/mol. The number of nitrogens with one attached hydrogen (secondary N) is 1. The maximum Gasteiger partial charge on any atom is 0.255 e. The lowest BCUT2D eigenvalue weighted by Gasteiger charge is -2.27. The maximum atomic E-state index is 13.0. The summed E-state index contributed by atoms with van der Waals surface area (Å²) < 4.78 is 10.9. The number of aliphatic hydroxyl groups is 2. The van der Waals surface area contributed by atoms with Gasteiger partial charge in [-0.3, -0.25) is 9.59 Å². The number of halogens is 1. The third-order valence-electron chi connectivity index (χ3n) is 6.32. The highest BCUT2D eigenvalue weighted by atomic mass is 35.5. The number of aliphatic hydroxyl groups excluding tert-OH is 2. The highest BCUT2D eigenvalue weighted by Gasteiger charge is 2.34. The Morgan fingerprint density at radius 1 is 1.16 bits per heavy atom. The molecule has 0 aliphatic heterocycles. The molecule has 0 spiro atoms. The number of aromatic hydroxyl groups is 1. The highest BCUT2D eigenvalue weighted by Crippen LogP contribution is 2.24. The van der Waals surface area contributed by atoms with Crippen molar-refractivity contribution in [2.24, 2.45) is 11.8 Å². The molecular weight excluding hydrogens is 498 g/mol. The fraction of sp³-hybridized carbons (Fsp3) is 0.571. The Balaban J connectivity index is 2.94. The second-order valence-corrected chi connectivity index (χ2v) is 9.64. The van der Waals surface area contributed by atoms with Crippen LogP contribution in [0.1, 0.15) is 59.4 Å². The van der Waals surface area contributed by atoms with E-state index in [0.717, 1.165) is 19.3 Å². The zero-order valence-corrected chi connectivity index (χ0v) is 23.4. The molecule has 6 atom stereocenters. The molecule has 0 saturated carbocycles. The van der Waals surface area contributed by atoms with Gasteiger partial charge in [0.15, 0.2) is 11.9 Å². The van der Waals surface area contributed by atoms with E-state index in [2.05, 4.69) is 12.2 Å². The van der Waals surface area contributed by atoms with Gasteiger partial charge in [0, 0.05) is 25.8 Å². The van der Waals surface area contributed by atoms with E-state index in [1.807, 2.05) is 6.92 Å². The molecule has 0 radical (unpaired) electrons. The minimum Gasteiger partial charge on any atom is -0.506 e. The van der Waals surface area contributed by atoms with Crippen LogP contribution in [0.25, 0.3) is 6.08 Å². The predicted octanol–water partition coefficient (Wildman–Crippen LogP) is 4.25. The summed E-state index contributed by atoms with van der Waals surface area (Å²) in [5.41, 5.74) is 0.962. The number of amides is 1. The standard InChI is InChI=1S/C28H42ClNO7/c1-7-9-10-17(3)24(32)19(5)25(33)18(4)15-23(36-6)26(34)27(37-8-2)28(35)30-14-13-20-11-12-22(31)21(29)16-20/h11-17,19,23-24,26-27,31-32,34H,7-10H2,1-6H3,(H,30,35)/b14-13+,18-15+/t17?,19?,23-,24?,26-,27-/m1/s1. The molecule has 8 nitrogen and oxygen atoms in total. The molecular formula is C28H42ClNO7. The van der Waals surface area contributed by atoms with E-state index in [1.165, 1.54) is 31.5 Å². The van der Waals surface area contributed by atoms with Crippen LogP contribution in [0, 0.1) is 11.8 Å². The fourth-order valence-corrected chi connectivity index (χ4v) is 4.14. The SMILES string of the molecule is CCCCC(C)C(O)C(C)C(=O)/C(C)=C/[C@@H](OC)[C@@H](O)[C@@H](OCC)C(=O)N/C=C/c1ccc(O)c(Cl)c1. The first-order valence-corrected chi connectivity index (χ1v) is 13.0. The number of unbranched alkanes of at least 4 members (excludes halogenated alkanes) is 1. The normalized spacial score (nSPS) is 17.2. The van der Waals surface area contributed by atoms with Gasteiger partial charge in [0.2, 0.25) is 0 Å². The summed E-state index contributed by atoms with van der Waals surface area (Å²) in [6, 6.07) is 4.58. The van der Waals surface area contributed by atoms with Crippen LogP contribution in [0.3, 0.4) is 0 Å². The zero-order valence-electron chi connectivity index (χ0n) is 22.6. The third-order valence-corrected chi connectivity index (χ3v) is 6.62. The Morgan fingerprint density at radius 2 is 1.84 bits per heavy atom. The van der Waals surface area contributed by atoms with E-state index in [1.54, 1.807) is 32.9 Å². The first-order valence-electron chi connectivity index (χ1n) is 12.7. The number of benzene rings is 1. The third kappa shape index (κ3) is 10.2. The molecule has 0 fully saturated rings. The van der Waals surface area contributed by atoms with Crippen molar-refractivity contribution in [2.75, 3.05) is 13.7 Å². The quantitative estimate of drug-likeness (QED) is 0.231. The van der Waals surface area contributed by atoms with Crippen LogP contribution in [-0.4, -0.2) is 65.1 Å². The van der Waals surface area contributed by atoms with Crippen molar-refractivity contribution in [2.45, 2.75) is 78.3 Å². The summed E-state index contributed by atoms with van der Waals surface area (Å²) in [5.74, 6) is -1.55. The van der Waals surface area contributed by atoms with E-state index in [0.29, 0.717) is 11.1 Å². The van der Waals surface area contributed by atoms with Crippen molar-refractivity contribution in [3.8, 4) is 5.75 Å². The van der Waals surface area contributed by atoms with E-state index >= 15 is 0 Å². The number of ether oxygens (including phenoxy) is 2. The second kappa shape index (κ2) is 16.6. The fourth-order valence-electron chi connectivity index (χ4n) is 3.95. The minimum absolute atomic E-state index is 0.0211. The van der Waals surface area contributed by atoms with Crippen LogP contribution in [0.2, 0.25) is 5.02 Å². The van der Waals surface area contributed by atoms with Gasteiger partial charge in [-0.15, -0.1) is 0 Å². The lowest BCUT2D eigenvalue weighted by Crippen LogP contribution is -2.48. The van der Waals surface area contributed by atoms with Crippen molar-refractivity contribution in [1.29, 1.82) is 0 Å². The topological polar surface area (TPSA) is 125 Å². The number of hydrogen-bond donors (Lipinski definition) is 4. The molecule has 0 saturated heterocycles. The zero-order chi connectivity index (χ0) is 28.1. The van der Waals surface area contributed by atoms with Crippen LogP contribution in [0.15, 0.2) is 36.0 Å². The van der Waals surface area contributed by atoms with Crippen LogP contribution < -0.4 is 5.32 Å². The Morgan fingerprint density at radius 3 is 2.41 bits per heavy atom. The highest BCUT2D eigenvalue weighted by molar-refractivity contribution is 6.32. The largest absolute Gasteiger partial charge is 0.506 e. The van der Waals surface area contributed by atoms with Crippen molar-refractivity contribution in [3.05, 3.63) is 46.6 Å². The number of carbonyl (C=O) groups excluding carboxylic acids is 2. The van der Waals surface area contributed by atoms with Crippen molar-refractivity contribution in [1.82, 2.24) is 5.32 Å². The molecule has 0 aliphatic rings. The number of ketones is 1. The number of hydrogen-bond acceptors (Lipinski definition) is 7. The molecule has 9 heteroatoms. The van der Waals surface area contributed by atoms with Crippen molar-refractivity contribution >= 4 is 29.4 Å². The van der Waals surface area contributed by atoms with E-state index < -0.39 is 36.2 Å². The molecule has 1 aromatic carbocycles. The van der Waals surface area contributed by atoms with Gasteiger partial charge in [-0.05, 0) is 61.6 Å². The van der Waals surface area contributed by atoms with Crippen molar-refractivity contribution in [3.63, 3.8) is 0 Å². The Kier molecular flexibility index (Phi) is 14.7. The first-order chi connectivity index (χ1) is 17.5. The number of methoxy groups -OCH3 is 1. The van der Waals surface area contributed by atoms with Gasteiger partial charge >= 0.3 is 0 Å². The van der Waals surface area contributed by atoms with E-state index in [4.69, 9.17) is 21.1 Å². The molecule has 208 valence electrons. The minimum atomic E-state index is -1.41. The van der Waals surface area contributed by atoms with Gasteiger partial charge in [-0.2, -0.15) is 0 Å². The summed E-state index contributed by atoms with van der Waals surface area (Å²) in [6.07, 6.45) is 2.75. The lowest BCUT2D eigenvalue weighted by molar-refractivity contribution is -0.145.